The standard InChI is InChI=1S/C35H36ClN5O4/c1-4-7-34(42)41-31-17-25-30(18-33(31)44-6-3)40-28(5-2)26(19-37)35(25)39-24-9-11-32(27(36)16-24)45-21-22-8-10-29(38-20-22)23-12-14-43-15-13-23/h4,7-11,16-18,20,23H,5-6,12-15,21H2,1-3H3,(H,39,40)(H,41,42)/b7-4+. The number of benzene rings is 2. The van der Waals surface area contributed by atoms with Crippen molar-refractivity contribution in [2.75, 3.05) is 30.5 Å². The lowest BCUT2D eigenvalue weighted by atomic mass is 9.96. The van der Waals surface area contributed by atoms with Gasteiger partial charge in [-0.15, -0.1) is 0 Å². The number of aromatic nitrogens is 2. The van der Waals surface area contributed by atoms with Crippen LogP contribution in [0.15, 0.2) is 60.8 Å². The van der Waals surface area contributed by atoms with Gasteiger partial charge in [0.15, 0.2) is 0 Å². The molecule has 232 valence electrons. The fourth-order valence-corrected chi connectivity index (χ4v) is 5.54. The molecule has 2 N–H and O–H groups in total. The van der Waals surface area contributed by atoms with E-state index < -0.39 is 0 Å². The van der Waals surface area contributed by atoms with Crippen LogP contribution in [0.2, 0.25) is 5.02 Å². The third-order valence-corrected chi connectivity index (χ3v) is 7.86. The smallest absolute Gasteiger partial charge is 0.248 e. The Hall–Kier alpha value is -4.65. The third-order valence-electron chi connectivity index (χ3n) is 7.57. The van der Waals surface area contributed by atoms with E-state index in [2.05, 4.69) is 27.8 Å². The van der Waals surface area contributed by atoms with Crippen LogP contribution in [0.4, 0.5) is 17.1 Å². The molecular formula is C35H36ClN5O4. The maximum Gasteiger partial charge on any atom is 0.248 e. The van der Waals surface area contributed by atoms with Gasteiger partial charge >= 0.3 is 0 Å². The number of carbonyl (C=O) groups excluding carboxylic acids is 1. The summed E-state index contributed by atoms with van der Waals surface area (Å²) in [5.41, 5.74) is 5.41. The number of amides is 1. The summed E-state index contributed by atoms with van der Waals surface area (Å²) in [6.45, 7) is 7.88. The number of ether oxygens (including phenoxy) is 3. The van der Waals surface area contributed by atoms with E-state index in [-0.39, 0.29) is 5.91 Å². The van der Waals surface area contributed by atoms with E-state index in [9.17, 15) is 10.1 Å². The number of pyridine rings is 2. The van der Waals surface area contributed by atoms with E-state index >= 15 is 0 Å². The first-order valence-corrected chi connectivity index (χ1v) is 15.5. The Morgan fingerprint density at radius 3 is 2.62 bits per heavy atom. The number of fused-ring (bicyclic) bond motifs is 1. The Morgan fingerprint density at radius 1 is 1.13 bits per heavy atom. The molecule has 2 aromatic heterocycles. The summed E-state index contributed by atoms with van der Waals surface area (Å²) >= 11 is 6.67. The summed E-state index contributed by atoms with van der Waals surface area (Å²) in [5, 5.41) is 17.5. The van der Waals surface area contributed by atoms with Crippen LogP contribution >= 0.6 is 11.6 Å². The van der Waals surface area contributed by atoms with Gasteiger partial charge in [-0.25, -0.2) is 0 Å². The van der Waals surface area contributed by atoms with Gasteiger partial charge in [0.05, 0.1) is 39.8 Å². The summed E-state index contributed by atoms with van der Waals surface area (Å²) in [4.78, 5) is 21.8. The van der Waals surface area contributed by atoms with Gasteiger partial charge in [0.2, 0.25) is 5.91 Å². The first-order chi connectivity index (χ1) is 21.9. The Balaban J connectivity index is 1.40. The number of halogens is 1. The van der Waals surface area contributed by atoms with Gasteiger partial charge in [-0.05, 0) is 69.5 Å². The van der Waals surface area contributed by atoms with Crippen LogP contribution in [-0.4, -0.2) is 35.7 Å². The van der Waals surface area contributed by atoms with Crippen LogP contribution in [0.3, 0.4) is 0 Å². The highest BCUT2D eigenvalue weighted by Gasteiger charge is 2.19. The van der Waals surface area contributed by atoms with Crippen LogP contribution in [0, 0.1) is 11.3 Å². The predicted octanol–water partition coefficient (Wildman–Crippen LogP) is 7.85. The van der Waals surface area contributed by atoms with Crippen molar-refractivity contribution in [3.63, 3.8) is 0 Å². The van der Waals surface area contributed by atoms with Crippen LogP contribution in [0.1, 0.15) is 62.0 Å². The van der Waals surface area contributed by atoms with Crippen LogP contribution in [-0.2, 0) is 22.6 Å². The van der Waals surface area contributed by atoms with Crippen molar-refractivity contribution in [3.05, 3.63) is 88.4 Å². The number of hydrogen-bond acceptors (Lipinski definition) is 8. The Morgan fingerprint density at radius 2 is 1.96 bits per heavy atom. The molecule has 0 radical (unpaired) electrons. The number of allylic oxidation sites excluding steroid dienone is 1. The molecule has 0 bridgehead atoms. The molecule has 0 atom stereocenters. The molecule has 4 aromatic rings. The number of anilines is 3. The van der Waals surface area contributed by atoms with Gasteiger partial charge in [0.1, 0.15) is 24.2 Å². The largest absolute Gasteiger partial charge is 0.492 e. The number of carbonyl (C=O) groups is 1. The second-order valence-corrected chi connectivity index (χ2v) is 11.0. The lowest BCUT2D eigenvalue weighted by Crippen LogP contribution is -2.15. The maximum atomic E-state index is 12.4. The highest BCUT2D eigenvalue weighted by Crippen LogP contribution is 2.39. The van der Waals surface area contributed by atoms with E-state index in [1.807, 2.05) is 32.2 Å². The van der Waals surface area contributed by atoms with Gasteiger partial charge < -0.3 is 24.8 Å². The van der Waals surface area contributed by atoms with Gasteiger partial charge in [-0.2, -0.15) is 5.26 Å². The number of rotatable bonds is 11. The Kier molecular flexibility index (Phi) is 10.5. The minimum Gasteiger partial charge on any atom is -0.492 e. The summed E-state index contributed by atoms with van der Waals surface area (Å²) in [6, 6.07) is 15.4. The molecule has 9 nitrogen and oxygen atoms in total. The summed E-state index contributed by atoms with van der Waals surface area (Å²) in [6.07, 6.45) is 7.48. The molecule has 1 aliphatic rings. The van der Waals surface area contributed by atoms with Crippen molar-refractivity contribution >= 4 is 45.5 Å². The number of nitriles is 1. The van der Waals surface area contributed by atoms with E-state index in [1.165, 1.54) is 6.08 Å². The molecule has 3 heterocycles. The zero-order chi connectivity index (χ0) is 31.8. The molecule has 1 saturated heterocycles. The Labute approximate surface area is 268 Å². The molecule has 2 aromatic carbocycles. The zero-order valence-electron chi connectivity index (χ0n) is 25.7. The lowest BCUT2D eigenvalue weighted by Gasteiger charge is -2.21. The van der Waals surface area contributed by atoms with Crippen molar-refractivity contribution in [2.45, 2.75) is 52.6 Å². The van der Waals surface area contributed by atoms with E-state index in [0.29, 0.717) is 81.3 Å². The number of nitrogens with zero attached hydrogens (tertiary/aromatic N) is 3. The van der Waals surface area contributed by atoms with Crippen molar-refractivity contribution in [2.24, 2.45) is 0 Å². The fourth-order valence-electron chi connectivity index (χ4n) is 5.30. The fraction of sp³-hybridized carbons (Fsp3) is 0.314. The number of aryl methyl sites for hydroxylation is 1. The number of hydrogen-bond donors (Lipinski definition) is 2. The van der Waals surface area contributed by atoms with Gasteiger partial charge in [0.25, 0.3) is 0 Å². The maximum absolute atomic E-state index is 12.4. The normalized spacial score (nSPS) is 13.5. The molecule has 0 aliphatic carbocycles. The highest BCUT2D eigenvalue weighted by atomic mass is 35.5. The first kappa shape index (κ1) is 31.8. The van der Waals surface area contributed by atoms with Gasteiger partial charge in [0, 0.05) is 53.7 Å². The summed E-state index contributed by atoms with van der Waals surface area (Å²) in [7, 11) is 0. The van der Waals surface area contributed by atoms with E-state index in [0.717, 1.165) is 37.3 Å². The van der Waals surface area contributed by atoms with Crippen molar-refractivity contribution in [3.8, 4) is 17.6 Å². The lowest BCUT2D eigenvalue weighted by molar-refractivity contribution is -0.111. The molecule has 5 rings (SSSR count). The molecule has 1 amide bonds. The molecule has 10 heteroatoms. The second kappa shape index (κ2) is 14.9. The van der Waals surface area contributed by atoms with Crippen molar-refractivity contribution < 1.29 is 19.0 Å². The first-order valence-electron chi connectivity index (χ1n) is 15.1. The van der Waals surface area contributed by atoms with Crippen molar-refractivity contribution in [1.29, 1.82) is 5.26 Å². The molecule has 1 fully saturated rings. The average molecular weight is 626 g/mol. The molecule has 0 unspecified atom stereocenters. The van der Waals surface area contributed by atoms with Crippen LogP contribution < -0.4 is 20.1 Å². The minimum atomic E-state index is -0.292. The average Bonchev–Trinajstić information content (AvgIpc) is 3.05. The summed E-state index contributed by atoms with van der Waals surface area (Å²) < 4.78 is 17.3. The Bertz CT molecular complexity index is 1740. The SMILES string of the molecule is C/C=C/C(=O)Nc1cc2c(Nc3ccc(OCc4ccc(C5CCOCC5)nc4)c(Cl)c3)c(C#N)c(CC)nc2cc1OCC. The second-order valence-electron chi connectivity index (χ2n) is 10.6. The van der Waals surface area contributed by atoms with Gasteiger partial charge in [-0.3, -0.25) is 14.8 Å². The third kappa shape index (κ3) is 7.54. The molecular weight excluding hydrogens is 590 g/mol. The quantitative estimate of drug-likeness (QED) is 0.162. The molecule has 0 saturated carbocycles. The molecule has 45 heavy (non-hydrogen) atoms. The minimum absolute atomic E-state index is 0.292. The van der Waals surface area contributed by atoms with Crippen LogP contribution in [0.25, 0.3) is 10.9 Å². The van der Waals surface area contributed by atoms with E-state index in [1.54, 1.807) is 37.3 Å². The van der Waals surface area contributed by atoms with Gasteiger partial charge in [-0.1, -0.05) is 30.7 Å². The van der Waals surface area contributed by atoms with E-state index in [4.69, 9.17) is 30.8 Å². The highest BCUT2D eigenvalue weighted by molar-refractivity contribution is 6.32. The summed E-state index contributed by atoms with van der Waals surface area (Å²) in [5.74, 6) is 1.16. The zero-order valence-corrected chi connectivity index (χ0v) is 26.4. The van der Waals surface area contributed by atoms with Crippen LogP contribution in [0.5, 0.6) is 11.5 Å². The van der Waals surface area contributed by atoms with Crippen molar-refractivity contribution in [1.82, 2.24) is 9.97 Å². The topological polar surface area (TPSA) is 118 Å². The molecule has 1 aliphatic heterocycles. The number of nitrogens with one attached hydrogen (secondary N) is 2. The monoisotopic (exact) mass is 625 g/mol. The predicted molar refractivity (Wildman–Crippen MR) is 177 cm³/mol. The molecule has 0 spiro atoms.